The predicted octanol–water partition coefficient (Wildman–Crippen LogP) is 2.19. The van der Waals surface area contributed by atoms with Crippen LogP contribution >= 0.6 is 0 Å². The van der Waals surface area contributed by atoms with Crippen LogP contribution in [0.4, 0.5) is 0 Å². The van der Waals surface area contributed by atoms with Gasteiger partial charge in [0.2, 0.25) is 0 Å². The Bertz CT molecular complexity index is 546. The van der Waals surface area contributed by atoms with E-state index in [2.05, 4.69) is 0 Å². The summed E-state index contributed by atoms with van der Waals surface area (Å²) in [4.78, 5) is 21.7. The number of hydrogen-bond donors (Lipinski definition) is 2. The van der Waals surface area contributed by atoms with Crippen molar-refractivity contribution < 1.29 is 29.3 Å². The quantitative estimate of drug-likeness (QED) is 0.442. The van der Waals surface area contributed by atoms with Crippen LogP contribution in [0.5, 0.6) is 11.5 Å². The topological polar surface area (TPSA) is 93.1 Å². The van der Waals surface area contributed by atoms with Crippen molar-refractivity contribution in [3.05, 3.63) is 18.2 Å². The fourth-order valence-corrected chi connectivity index (χ4v) is 3.53. The van der Waals surface area contributed by atoms with Crippen molar-refractivity contribution in [3.63, 3.8) is 0 Å². The summed E-state index contributed by atoms with van der Waals surface area (Å²) >= 11 is 0. The zero-order valence-electron chi connectivity index (χ0n) is 14.1. The SMILES string of the molecule is CCOc1cccc([Si]CCCC(CC(=O)O)C(=O)O)c1OCC. The lowest BCUT2D eigenvalue weighted by molar-refractivity contribution is -0.148. The predicted molar refractivity (Wildman–Crippen MR) is 91.6 cm³/mol. The molecule has 7 heteroatoms. The van der Waals surface area contributed by atoms with E-state index in [1.165, 1.54) is 0 Å². The molecule has 0 amide bonds. The number of rotatable bonds is 12. The number of carboxylic acids is 2. The first-order valence-corrected chi connectivity index (χ1v) is 9.27. The first kappa shape index (κ1) is 20.0. The summed E-state index contributed by atoms with van der Waals surface area (Å²) in [5.74, 6) is -1.48. The molecule has 0 fully saturated rings. The third kappa shape index (κ3) is 6.62. The molecule has 132 valence electrons. The van der Waals surface area contributed by atoms with Crippen molar-refractivity contribution >= 4 is 26.6 Å². The van der Waals surface area contributed by atoms with Crippen molar-refractivity contribution in [1.29, 1.82) is 0 Å². The molecular weight excluding hydrogens is 328 g/mol. The van der Waals surface area contributed by atoms with Gasteiger partial charge in [-0.25, -0.2) is 0 Å². The second-order valence-corrected chi connectivity index (χ2v) is 6.59. The standard InChI is InChI=1S/C17H24O6Si/c1-3-22-13-8-5-9-14(16(13)23-4-2)24-10-6-7-12(17(20)21)11-15(18)19/h5,8-9,12H,3-4,6-7,10-11H2,1-2H3,(H,18,19)(H,20,21). The first-order chi connectivity index (χ1) is 11.5. The molecule has 1 aromatic carbocycles. The Kier molecular flexibility index (Phi) is 8.92. The third-order valence-corrected chi connectivity index (χ3v) is 4.76. The number of carboxylic acid groups (broad SMARTS) is 2. The summed E-state index contributed by atoms with van der Waals surface area (Å²) in [6, 6.07) is 6.56. The van der Waals surface area contributed by atoms with Gasteiger partial charge in [-0.05, 0) is 31.5 Å². The van der Waals surface area contributed by atoms with E-state index in [4.69, 9.17) is 19.7 Å². The zero-order valence-corrected chi connectivity index (χ0v) is 15.1. The molecular formula is C17H24O6Si. The molecule has 0 heterocycles. The summed E-state index contributed by atoms with van der Waals surface area (Å²) < 4.78 is 11.3. The number of benzene rings is 1. The number of hydrogen-bond acceptors (Lipinski definition) is 4. The highest BCUT2D eigenvalue weighted by molar-refractivity contribution is 6.54. The van der Waals surface area contributed by atoms with Gasteiger partial charge in [0.1, 0.15) is 0 Å². The summed E-state index contributed by atoms with van der Waals surface area (Å²) in [6.45, 7) is 4.93. The van der Waals surface area contributed by atoms with Crippen LogP contribution in [0.3, 0.4) is 0 Å². The van der Waals surface area contributed by atoms with E-state index in [1.807, 2.05) is 32.0 Å². The molecule has 24 heavy (non-hydrogen) atoms. The Morgan fingerprint density at radius 3 is 2.46 bits per heavy atom. The Morgan fingerprint density at radius 2 is 1.88 bits per heavy atom. The van der Waals surface area contributed by atoms with Gasteiger partial charge in [-0.2, -0.15) is 0 Å². The molecule has 1 rings (SSSR count). The normalized spacial score (nSPS) is 11.8. The molecule has 6 nitrogen and oxygen atoms in total. The van der Waals surface area contributed by atoms with Crippen molar-refractivity contribution in [2.24, 2.45) is 5.92 Å². The average Bonchev–Trinajstić information content (AvgIpc) is 2.52. The zero-order chi connectivity index (χ0) is 17.9. The van der Waals surface area contributed by atoms with Crippen LogP contribution in [0.2, 0.25) is 6.04 Å². The maximum absolute atomic E-state index is 11.1. The second-order valence-electron chi connectivity index (χ2n) is 5.20. The molecule has 0 saturated heterocycles. The highest BCUT2D eigenvalue weighted by Gasteiger charge is 2.20. The molecule has 2 N–H and O–H groups in total. The van der Waals surface area contributed by atoms with Crippen molar-refractivity contribution in [1.82, 2.24) is 0 Å². The third-order valence-electron chi connectivity index (χ3n) is 3.38. The van der Waals surface area contributed by atoms with Gasteiger partial charge < -0.3 is 19.7 Å². The molecule has 0 aliphatic carbocycles. The Balaban J connectivity index is 2.62. The van der Waals surface area contributed by atoms with Gasteiger partial charge in [0, 0.05) is 0 Å². The van der Waals surface area contributed by atoms with Gasteiger partial charge in [0.15, 0.2) is 11.5 Å². The van der Waals surface area contributed by atoms with Gasteiger partial charge in [-0.3, -0.25) is 9.59 Å². The van der Waals surface area contributed by atoms with Crippen LogP contribution in [0.15, 0.2) is 18.2 Å². The van der Waals surface area contributed by atoms with E-state index in [9.17, 15) is 9.59 Å². The maximum Gasteiger partial charge on any atom is 0.307 e. The highest BCUT2D eigenvalue weighted by Crippen LogP contribution is 2.25. The van der Waals surface area contributed by atoms with Crippen LogP contribution in [0, 0.1) is 5.92 Å². The molecule has 1 unspecified atom stereocenters. The molecule has 1 atom stereocenters. The van der Waals surface area contributed by atoms with Crippen molar-refractivity contribution in [2.45, 2.75) is 39.2 Å². The number of ether oxygens (including phenoxy) is 2. The summed E-state index contributed by atoms with van der Waals surface area (Å²) in [6.07, 6.45) is 0.694. The van der Waals surface area contributed by atoms with Crippen molar-refractivity contribution in [3.8, 4) is 11.5 Å². The Morgan fingerprint density at radius 1 is 1.17 bits per heavy atom. The summed E-state index contributed by atoms with van der Waals surface area (Å²) in [7, 11) is 0.458. The molecule has 2 radical (unpaired) electrons. The van der Waals surface area contributed by atoms with Gasteiger partial charge in [-0.1, -0.05) is 24.6 Å². The van der Waals surface area contributed by atoms with Gasteiger partial charge in [0.25, 0.3) is 0 Å². The largest absolute Gasteiger partial charge is 0.490 e. The average molecular weight is 352 g/mol. The van der Waals surface area contributed by atoms with Gasteiger partial charge >= 0.3 is 11.9 Å². The Hall–Kier alpha value is -2.02. The summed E-state index contributed by atoms with van der Waals surface area (Å²) in [5, 5.41) is 18.9. The molecule has 0 aliphatic rings. The minimum Gasteiger partial charge on any atom is -0.490 e. The molecule has 0 spiro atoms. The lowest BCUT2D eigenvalue weighted by Gasteiger charge is -2.15. The highest BCUT2D eigenvalue weighted by atomic mass is 28.2. The number of carbonyl (C=O) groups is 2. The second kappa shape index (κ2) is 10.7. The number of aliphatic carboxylic acids is 2. The fourth-order valence-electron chi connectivity index (χ4n) is 2.31. The molecule has 0 bridgehead atoms. The van der Waals surface area contributed by atoms with Crippen LogP contribution in [-0.4, -0.2) is 44.9 Å². The van der Waals surface area contributed by atoms with Crippen LogP contribution in [0.25, 0.3) is 0 Å². The van der Waals surface area contributed by atoms with Crippen LogP contribution in [-0.2, 0) is 9.59 Å². The van der Waals surface area contributed by atoms with E-state index < -0.39 is 17.9 Å². The van der Waals surface area contributed by atoms with E-state index in [0.717, 1.165) is 22.7 Å². The molecule has 0 aromatic heterocycles. The van der Waals surface area contributed by atoms with E-state index in [1.54, 1.807) is 0 Å². The monoisotopic (exact) mass is 352 g/mol. The maximum atomic E-state index is 11.1. The van der Waals surface area contributed by atoms with Gasteiger partial charge in [0.05, 0.1) is 35.1 Å². The van der Waals surface area contributed by atoms with Gasteiger partial charge in [-0.15, -0.1) is 0 Å². The number of para-hydroxylation sites is 1. The van der Waals surface area contributed by atoms with E-state index in [-0.39, 0.29) is 6.42 Å². The molecule has 0 aliphatic heterocycles. The first-order valence-electron chi connectivity index (χ1n) is 8.06. The molecule has 0 saturated carbocycles. The molecule has 1 aromatic rings. The van der Waals surface area contributed by atoms with Crippen LogP contribution < -0.4 is 14.7 Å². The van der Waals surface area contributed by atoms with E-state index >= 15 is 0 Å². The van der Waals surface area contributed by atoms with E-state index in [0.29, 0.717) is 35.6 Å². The van der Waals surface area contributed by atoms with Crippen molar-refractivity contribution in [2.75, 3.05) is 13.2 Å². The summed E-state index contributed by atoms with van der Waals surface area (Å²) in [5.41, 5.74) is 0. The lowest BCUT2D eigenvalue weighted by atomic mass is 10.0. The van der Waals surface area contributed by atoms with Crippen LogP contribution in [0.1, 0.15) is 33.1 Å². The lowest BCUT2D eigenvalue weighted by Crippen LogP contribution is -2.20. The fraction of sp³-hybridized carbons (Fsp3) is 0.529. The minimum absolute atomic E-state index is 0.331. The minimum atomic E-state index is -1.08. The Labute approximate surface area is 144 Å². The smallest absolute Gasteiger partial charge is 0.307 e.